The van der Waals surface area contributed by atoms with Gasteiger partial charge in [-0.05, 0) is 51.4 Å². The van der Waals surface area contributed by atoms with Crippen LogP contribution >= 0.6 is 0 Å². The third-order valence-electron chi connectivity index (χ3n) is 9.98. The predicted octanol–water partition coefficient (Wildman–Crippen LogP) is 9.06. The molecule has 46 heavy (non-hydrogen) atoms. The summed E-state index contributed by atoms with van der Waals surface area (Å²) in [7, 11) is -3.25. The normalized spacial score (nSPS) is 15.2. The van der Waals surface area contributed by atoms with Crippen LogP contribution in [0.4, 0.5) is 0 Å². The Hall–Kier alpha value is -0.260. The average molecular weight is 699 g/mol. The predicted molar refractivity (Wildman–Crippen MR) is 197 cm³/mol. The minimum atomic E-state index is -3.93. The van der Waals surface area contributed by atoms with Gasteiger partial charge in [0.1, 0.15) is 13.1 Å². The number of hydrogen-bond donors (Lipinski definition) is 2. The van der Waals surface area contributed by atoms with E-state index in [2.05, 4.69) is 27.9 Å². The molecule has 0 fully saturated rings. The van der Waals surface area contributed by atoms with Gasteiger partial charge in [-0.1, -0.05) is 117 Å². The van der Waals surface area contributed by atoms with Crippen LogP contribution < -0.4 is 0 Å². The van der Waals surface area contributed by atoms with E-state index in [-0.39, 0.29) is 11.5 Å². The lowest BCUT2D eigenvalue weighted by atomic mass is 10.1. The van der Waals surface area contributed by atoms with E-state index in [1.807, 2.05) is 0 Å². The summed E-state index contributed by atoms with van der Waals surface area (Å²) in [6.45, 7) is 10.4. The monoisotopic (exact) mass is 699 g/mol. The van der Waals surface area contributed by atoms with E-state index in [9.17, 15) is 25.9 Å². The van der Waals surface area contributed by atoms with Crippen LogP contribution in [0.5, 0.6) is 0 Å². The van der Waals surface area contributed by atoms with Gasteiger partial charge in [0.25, 0.3) is 20.2 Å². The third kappa shape index (κ3) is 31.0. The number of rotatable bonds is 35. The third-order valence-corrected chi connectivity index (χ3v) is 11.6. The van der Waals surface area contributed by atoms with Crippen molar-refractivity contribution in [1.82, 2.24) is 0 Å². The maximum Gasteiger partial charge on any atom is 0.264 e. The first kappa shape index (κ1) is 45.7. The highest BCUT2D eigenvalue weighted by Gasteiger charge is 2.29. The number of likely N-dealkylation sites (N-methyl/N-ethyl adjacent to an activating group) is 2. The molecule has 0 aromatic rings. The van der Waals surface area contributed by atoms with E-state index in [1.165, 1.54) is 128 Å². The Labute approximate surface area is 287 Å². The molecule has 0 aromatic carbocycles. The highest BCUT2D eigenvalue weighted by molar-refractivity contribution is 7.86. The van der Waals surface area contributed by atoms with Crippen molar-refractivity contribution in [2.75, 3.05) is 64.9 Å². The molecule has 10 heteroatoms. The van der Waals surface area contributed by atoms with E-state index in [4.69, 9.17) is 0 Å². The Morgan fingerprint density at radius 2 is 0.565 bits per heavy atom. The zero-order valence-corrected chi connectivity index (χ0v) is 32.5. The summed E-state index contributed by atoms with van der Waals surface area (Å²) in [5, 5.41) is 0. The van der Waals surface area contributed by atoms with Gasteiger partial charge in [-0.3, -0.25) is 9.11 Å². The van der Waals surface area contributed by atoms with Gasteiger partial charge in [0.05, 0.1) is 51.8 Å². The summed E-state index contributed by atoms with van der Waals surface area (Å²) in [5.41, 5.74) is 0. The van der Waals surface area contributed by atoms with Gasteiger partial charge in [-0.25, -0.2) is 0 Å². The van der Waals surface area contributed by atoms with Crippen molar-refractivity contribution in [3.05, 3.63) is 0 Å². The van der Waals surface area contributed by atoms with Crippen molar-refractivity contribution in [3.63, 3.8) is 0 Å². The first-order chi connectivity index (χ1) is 21.7. The molecule has 0 radical (unpaired) electrons. The molecular formula is C36H78N2O6S2+2. The van der Waals surface area contributed by atoms with E-state index in [0.29, 0.717) is 12.8 Å². The molecule has 0 heterocycles. The maximum absolute atomic E-state index is 11.3. The summed E-state index contributed by atoms with van der Waals surface area (Å²) in [4.78, 5) is 0. The molecule has 2 unspecified atom stereocenters. The van der Waals surface area contributed by atoms with Gasteiger partial charge < -0.3 is 8.97 Å². The number of nitrogens with zero attached hydrogens (tertiary/aromatic N) is 2. The summed E-state index contributed by atoms with van der Waals surface area (Å²) in [6.07, 6.45) is 28.5. The highest BCUT2D eigenvalue weighted by Crippen LogP contribution is 2.18. The molecule has 8 nitrogen and oxygen atoms in total. The lowest BCUT2D eigenvalue weighted by Gasteiger charge is -2.40. The Bertz CT molecular complexity index is 841. The Kier molecular flexibility index (Phi) is 27.4. The van der Waals surface area contributed by atoms with Crippen molar-refractivity contribution >= 4 is 20.2 Å². The Balaban J connectivity index is 5.02. The Morgan fingerprint density at radius 1 is 0.348 bits per heavy atom. The standard InChI is InChI=1S/C36H76N2O6S2/c1-5-7-9-11-13-15-17-19-21-23-29-37(3,31-25-27-35-45(39,40)41)33-34-38(4,32-26-28-36-46(42,43)44)30-24-22-20-18-16-14-12-10-8-6-2/h5-36H2,1-4H3/p+2. The number of hydrogen-bond acceptors (Lipinski definition) is 4. The fourth-order valence-corrected chi connectivity index (χ4v) is 7.81. The van der Waals surface area contributed by atoms with E-state index in [1.54, 1.807) is 0 Å². The zero-order valence-electron chi connectivity index (χ0n) is 30.9. The van der Waals surface area contributed by atoms with E-state index >= 15 is 0 Å². The van der Waals surface area contributed by atoms with Crippen LogP contribution in [0.25, 0.3) is 0 Å². The topological polar surface area (TPSA) is 109 Å². The molecule has 0 bridgehead atoms. The molecule has 0 aliphatic carbocycles. The maximum atomic E-state index is 11.3. The molecule has 2 atom stereocenters. The van der Waals surface area contributed by atoms with Crippen molar-refractivity contribution in [1.29, 1.82) is 0 Å². The number of quaternary nitrogens is 2. The molecule has 2 N–H and O–H groups in total. The van der Waals surface area contributed by atoms with Crippen LogP contribution in [0.1, 0.15) is 168 Å². The van der Waals surface area contributed by atoms with Crippen molar-refractivity contribution in [3.8, 4) is 0 Å². The molecule has 278 valence electrons. The largest absolute Gasteiger partial charge is 0.321 e. The lowest BCUT2D eigenvalue weighted by Crippen LogP contribution is -2.55. The molecule has 0 saturated heterocycles. The summed E-state index contributed by atoms with van der Waals surface area (Å²) >= 11 is 0. The summed E-state index contributed by atoms with van der Waals surface area (Å²) in [6, 6.07) is 0. The fraction of sp³-hybridized carbons (Fsp3) is 1.00. The molecular weight excluding hydrogens is 621 g/mol. The smallest absolute Gasteiger partial charge is 0.264 e. The second-order valence-corrected chi connectivity index (χ2v) is 18.1. The molecule has 0 amide bonds. The number of unbranched alkanes of at least 4 members (excludes halogenated alkanes) is 20. The molecule has 0 spiro atoms. The minimum absolute atomic E-state index is 0.175. The van der Waals surface area contributed by atoms with Crippen LogP contribution in [-0.2, 0) is 20.2 Å². The Morgan fingerprint density at radius 3 is 0.804 bits per heavy atom. The quantitative estimate of drug-likeness (QED) is 0.0388. The van der Waals surface area contributed by atoms with Crippen LogP contribution in [0.2, 0.25) is 0 Å². The van der Waals surface area contributed by atoms with Gasteiger partial charge in [-0.2, -0.15) is 16.8 Å². The van der Waals surface area contributed by atoms with Crippen LogP contribution in [0.3, 0.4) is 0 Å². The SMILES string of the molecule is CCCCCCCCCCCC[N+](C)(CCCCS(=O)(=O)O)CC[N+](C)(CCCCCCCCCCCC)CCCCS(=O)(=O)O. The van der Waals surface area contributed by atoms with Gasteiger partial charge in [0.15, 0.2) is 0 Å². The molecule has 0 rings (SSSR count). The van der Waals surface area contributed by atoms with Crippen LogP contribution in [0.15, 0.2) is 0 Å². The van der Waals surface area contributed by atoms with Crippen LogP contribution in [0, 0.1) is 0 Å². The molecule has 0 aliphatic rings. The molecule has 0 aliphatic heterocycles. The van der Waals surface area contributed by atoms with Gasteiger partial charge in [-0.15, -0.1) is 0 Å². The van der Waals surface area contributed by atoms with Gasteiger partial charge in [0, 0.05) is 0 Å². The second kappa shape index (κ2) is 27.5. The molecule has 0 saturated carbocycles. The van der Waals surface area contributed by atoms with Crippen molar-refractivity contribution < 1.29 is 34.9 Å². The minimum Gasteiger partial charge on any atom is -0.321 e. The highest BCUT2D eigenvalue weighted by atomic mass is 32.2. The summed E-state index contributed by atoms with van der Waals surface area (Å²) in [5.74, 6) is -0.350. The van der Waals surface area contributed by atoms with Crippen molar-refractivity contribution in [2.24, 2.45) is 0 Å². The van der Waals surface area contributed by atoms with Gasteiger partial charge >= 0.3 is 0 Å². The zero-order chi connectivity index (χ0) is 34.6. The first-order valence-corrected chi connectivity index (χ1v) is 22.5. The first-order valence-electron chi connectivity index (χ1n) is 19.3. The van der Waals surface area contributed by atoms with E-state index < -0.39 is 20.2 Å². The fourth-order valence-electron chi connectivity index (χ4n) is 6.67. The summed E-state index contributed by atoms with van der Waals surface area (Å²) < 4.78 is 65.5. The van der Waals surface area contributed by atoms with Crippen LogP contribution in [-0.4, -0.2) is 99.8 Å². The second-order valence-electron chi connectivity index (χ2n) is 14.9. The van der Waals surface area contributed by atoms with Crippen molar-refractivity contribution in [2.45, 2.75) is 168 Å². The average Bonchev–Trinajstić information content (AvgIpc) is 2.98. The van der Waals surface area contributed by atoms with E-state index in [0.717, 1.165) is 61.1 Å². The lowest BCUT2D eigenvalue weighted by molar-refractivity contribution is -0.964. The molecule has 0 aromatic heterocycles. The van der Waals surface area contributed by atoms with Gasteiger partial charge in [0.2, 0.25) is 0 Å².